The second-order valence-corrected chi connectivity index (χ2v) is 5.10. The Morgan fingerprint density at radius 1 is 1.50 bits per heavy atom. The first-order valence-electron chi connectivity index (χ1n) is 5.60. The van der Waals surface area contributed by atoms with Gasteiger partial charge in [-0.3, -0.25) is 14.6 Å². The van der Waals surface area contributed by atoms with Crippen LogP contribution in [0.5, 0.6) is 0 Å². The summed E-state index contributed by atoms with van der Waals surface area (Å²) in [6, 6.07) is 1.75. The highest BCUT2D eigenvalue weighted by Crippen LogP contribution is 2.24. The smallest absolute Gasteiger partial charge is 0.245 e. The minimum absolute atomic E-state index is 0.0327. The number of halogens is 1. The van der Waals surface area contributed by atoms with E-state index < -0.39 is 5.54 Å². The lowest BCUT2D eigenvalue weighted by Gasteiger charge is -2.41. The molecule has 0 aliphatic carbocycles. The van der Waals surface area contributed by atoms with E-state index in [1.54, 1.807) is 26.1 Å². The number of carbonyl (C=O) groups is 2. The number of nitrogens with zero attached hydrogens (tertiary/aromatic N) is 2. The Kier molecular flexibility index (Phi) is 3.26. The maximum atomic E-state index is 11.9. The van der Waals surface area contributed by atoms with Crippen molar-refractivity contribution >= 4 is 23.4 Å². The number of pyridine rings is 1. The molecular formula is C12H14ClN3O2. The monoisotopic (exact) mass is 267 g/mol. The second-order valence-electron chi connectivity index (χ2n) is 4.69. The van der Waals surface area contributed by atoms with Crippen molar-refractivity contribution in [2.24, 2.45) is 0 Å². The molecule has 0 spiro atoms. The molecular weight excluding hydrogens is 254 g/mol. The number of aromatic nitrogens is 1. The predicted octanol–water partition coefficient (Wildman–Crippen LogP) is 0.972. The van der Waals surface area contributed by atoms with Crippen LogP contribution in [0.2, 0.25) is 5.02 Å². The van der Waals surface area contributed by atoms with Crippen molar-refractivity contribution in [2.45, 2.75) is 25.9 Å². The SMILES string of the molecule is CC1(C)C(=O)NCC(=O)N1Cc1ccncc1Cl. The van der Waals surface area contributed by atoms with Crippen LogP contribution in [0.25, 0.3) is 0 Å². The Morgan fingerprint density at radius 3 is 2.89 bits per heavy atom. The van der Waals surface area contributed by atoms with Gasteiger partial charge in [-0.25, -0.2) is 0 Å². The van der Waals surface area contributed by atoms with Crippen molar-refractivity contribution in [3.63, 3.8) is 0 Å². The minimum Gasteiger partial charge on any atom is -0.345 e. The molecule has 18 heavy (non-hydrogen) atoms. The van der Waals surface area contributed by atoms with Gasteiger partial charge >= 0.3 is 0 Å². The van der Waals surface area contributed by atoms with E-state index in [-0.39, 0.29) is 18.4 Å². The largest absolute Gasteiger partial charge is 0.345 e. The molecule has 96 valence electrons. The molecule has 1 aromatic rings. The van der Waals surface area contributed by atoms with Gasteiger partial charge in [-0.2, -0.15) is 0 Å². The summed E-state index contributed by atoms with van der Waals surface area (Å²) in [7, 11) is 0. The molecule has 2 amide bonds. The van der Waals surface area contributed by atoms with Gasteiger partial charge in [0.1, 0.15) is 5.54 Å². The third kappa shape index (κ3) is 2.18. The van der Waals surface area contributed by atoms with Crippen molar-refractivity contribution in [1.82, 2.24) is 15.2 Å². The standard InChI is InChI=1S/C12H14ClN3O2/c1-12(2)11(18)15-6-10(17)16(12)7-8-3-4-14-5-9(8)13/h3-5H,6-7H2,1-2H3,(H,15,18). The Hall–Kier alpha value is -1.62. The Balaban J connectivity index is 2.29. The molecule has 6 heteroatoms. The van der Waals surface area contributed by atoms with Gasteiger partial charge in [-0.15, -0.1) is 0 Å². The summed E-state index contributed by atoms with van der Waals surface area (Å²) in [5.41, 5.74) is -0.0927. The van der Waals surface area contributed by atoms with Gasteiger partial charge in [0.2, 0.25) is 11.8 Å². The normalized spacial score (nSPS) is 18.7. The molecule has 1 N–H and O–H groups in total. The van der Waals surface area contributed by atoms with E-state index >= 15 is 0 Å². The predicted molar refractivity (Wildman–Crippen MR) is 66.9 cm³/mol. The highest BCUT2D eigenvalue weighted by molar-refractivity contribution is 6.31. The lowest BCUT2D eigenvalue weighted by atomic mass is 9.98. The van der Waals surface area contributed by atoms with Gasteiger partial charge in [0.05, 0.1) is 11.6 Å². The highest BCUT2D eigenvalue weighted by atomic mass is 35.5. The molecule has 0 saturated carbocycles. The van der Waals surface area contributed by atoms with Gasteiger partial charge in [-0.1, -0.05) is 11.6 Å². The summed E-state index contributed by atoms with van der Waals surface area (Å²) in [6.45, 7) is 3.77. The molecule has 0 unspecified atom stereocenters. The molecule has 1 saturated heterocycles. The lowest BCUT2D eigenvalue weighted by Crippen LogP contribution is -2.63. The van der Waals surface area contributed by atoms with Gasteiger partial charge in [0, 0.05) is 18.9 Å². The zero-order chi connectivity index (χ0) is 13.3. The first-order chi connectivity index (χ1) is 8.43. The number of piperazine rings is 1. The maximum absolute atomic E-state index is 11.9. The topological polar surface area (TPSA) is 62.3 Å². The van der Waals surface area contributed by atoms with E-state index in [9.17, 15) is 9.59 Å². The summed E-state index contributed by atoms with van der Waals surface area (Å²) < 4.78 is 0. The summed E-state index contributed by atoms with van der Waals surface area (Å²) in [4.78, 5) is 29.1. The number of hydrogen-bond donors (Lipinski definition) is 1. The van der Waals surface area contributed by atoms with Gasteiger partial charge in [0.25, 0.3) is 0 Å². The average molecular weight is 268 g/mol. The third-order valence-electron chi connectivity index (χ3n) is 3.12. The number of nitrogens with one attached hydrogen (secondary N) is 1. The first-order valence-corrected chi connectivity index (χ1v) is 5.98. The zero-order valence-electron chi connectivity index (χ0n) is 10.2. The summed E-state index contributed by atoms with van der Waals surface area (Å²) in [6.07, 6.45) is 3.14. The van der Waals surface area contributed by atoms with E-state index in [4.69, 9.17) is 11.6 Å². The highest BCUT2D eigenvalue weighted by Gasteiger charge is 2.41. The molecule has 5 nitrogen and oxygen atoms in total. The van der Waals surface area contributed by atoms with Crippen LogP contribution in [0, 0.1) is 0 Å². The van der Waals surface area contributed by atoms with Crippen LogP contribution in [0.4, 0.5) is 0 Å². The van der Waals surface area contributed by atoms with Crippen LogP contribution in [0.1, 0.15) is 19.4 Å². The molecule has 0 aromatic carbocycles. The number of amides is 2. The zero-order valence-corrected chi connectivity index (χ0v) is 11.0. The van der Waals surface area contributed by atoms with Crippen LogP contribution in [-0.2, 0) is 16.1 Å². The fraction of sp³-hybridized carbons (Fsp3) is 0.417. The maximum Gasteiger partial charge on any atom is 0.245 e. The van der Waals surface area contributed by atoms with Gasteiger partial charge in [0.15, 0.2) is 0 Å². The van der Waals surface area contributed by atoms with Crippen molar-refractivity contribution < 1.29 is 9.59 Å². The van der Waals surface area contributed by atoms with Gasteiger partial charge in [-0.05, 0) is 25.5 Å². The summed E-state index contributed by atoms with van der Waals surface area (Å²) in [5.74, 6) is -0.278. The average Bonchev–Trinajstić information content (AvgIpc) is 2.32. The minimum atomic E-state index is -0.873. The molecule has 1 fully saturated rings. The van der Waals surface area contributed by atoms with E-state index in [1.807, 2.05) is 0 Å². The summed E-state index contributed by atoms with van der Waals surface area (Å²) in [5, 5.41) is 3.07. The Labute approximate surface area is 110 Å². The van der Waals surface area contributed by atoms with E-state index in [0.29, 0.717) is 11.6 Å². The van der Waals surface area contributed by atoms with Crippen molar-refractivity contribution in [3.05, 3.63) is 29.0 Å². The van der Waals surface area contributed by atoms with E-state index in [1.165, 1.54) is 11.1 Å². The molecule has 0 atom stereocenters. The van der Waals surface area contributed by atoms with E-state index in [0.717, 1.165) is 5.56 Å². The van der Waals surface area contributed by atoms with Gasteiger partial charge < -0.3 is 10.2 Å². The molecule has 1 aromatic heterocycles. The van der Waals surface area contributed by atoms with Crippen LogP contribution >= 0.6 is 11.6 Å². The van der Waals surface area contributed by atoms with Crippen molar-refractivity contribution in [3.8, 4) is 0 Å². The number of rotatable bonds is 2. The Morgan fingerprint density at radius 2 is 2.22 bits per heavy atom. The molecule has 1 aliphatic heterocycles. The molecule has 0 bridgehead atoms. The van der Waals surface area contributed by atoms with Crippen LogP contribution in [0.3, 0.4) is 0 Å². The molecule has 2 heterocycles. The van der Waals surface area contributed by atoms with Crippen LogP contribution in [0.15, 0.2) is 18.5 Å². The van der Waals surface area contributed by atoms with E-state index in [2.05, 4.69) is 10.3 Å². The number of hydrogen-bond acceptors (Lipinski definition) is 3. The molecule has 2 rings (SSSR count). The summed E-state index contributed by atoms with van der Waals surface area (Å²) >= 11 is 6.02. The quantitative estimate of drug-likeness (QED) is 0.869. The van der Waals surface area contributed by atoms with Crippen molar-refractivity contribution in [1.29, 1.82) is 0 Å². The van der Waals surface area contributed by atoms with Crippen molar-refractivity contribution in [2.75, 3.05) is 6.54 Å². The number of carbonyl (C=O) groups excluding carboxylic acids is 2. The first kappa shape index (κ1) is 12.8. The fourth-order valence-electron chi connectivity index (χ4n) is 1.89. The fourth-order valence-corrected chi connectivity index (χ4v) is 2.07. The van der Waals surface area contributed by atoms with Crippen LogP contribution in [-0.4, -0.2) is 33.8 Å². The molecule has 0 radical (unpaired) electrons. The third-order valence-corrected chi connectivity index (χ3v) is 3.46. The second kappa shape index (κ2) is 4.57. The lowest BCUT2D eigenvalue weighted by molar-refractivity contribution is -0.152. The molecule has 1 aliphatic rings. The Bertz CT molecular complexity index is 502. The van der Waals surface area contributed by atoms with Crippen LogP contribution < -0.4 is 5.32 Å².